The van der Waals surface area contributed by atoms with Crippen molar-refractivity contribution in [2.75, 3.05) is 0 Å². The molecule has 0 saturated carbocycles. The Morgan fingerprint density at radius 2 is 2.45 bits per heavy atom. The molecule has 0 spiro atoms. The van der Waals surface area contributed by atoms with Gasteiger partial charge < -0.3 is 0 Å². The first-order valence-corrected chi connectivity index (χ1v) is 3.71. The highest BCUT2D eigenvalue weighted by atomic mass is 35.5. The summed E-state index contributed by atoms with van der Waals surface area (Å²) < 4.78 is 0. The lowest BCUT2D eigenvalue weighted by Gasteiger charge is -2.08. The molecule has 1 rings (SSSR count). The van der Waals surface area contributed by atoms with Crippen LogP contribution in [0.2, 0.25) is 0 Å². The third-order valence-electron chi connectivity index (χ3n) is 1.55. The van der Waals surface area contributed by atoms with E-state index in [9.17, 15) is 10.1 Å². The van der Waals surface area contributed by atoms with Gasteiger partial charge in [0.2, 0.25) is 0 Å². The quantitative estimate of drug-likeness (QED) is 0.451. The van der Waals surface area contributed by atoms with Gasteiger partial charge in [0.05, 0.1) is 4.92 Å². The second-order valence-electron chi connectivity index (χ2n) is 2.57. The van der Waals surface area contributed by atoms with Crippen molar-refractivity contribution in [3.8, 4) is 0 Å². The molecule has 0 heterocycles. The first kappa shape index (κ1) is 8.27. The molecule has 1 aliphatic rings. The fraction of sp³-hybridized carbons (Fsp3) is 0.429. The standard InChI is InChI=1S/C7H8ClNO2/c1-5-2-3-6(8)7(4-5)9(10)11/h3-5H,2H2,1H3/t5-/m0/s1. The maximum Gasteiger partial charge on any atom is 0.283 e. The lowest BCUT2D eigenvalue weighted by molar-refractivity contribution is -0.420. The van der Waals surface area contributed by atoms with Crippen molar-refractivity contribution in [1.29, 1.82) is 0 Å². The molecule has 0 aromatic heterocycles. The molecule has 1 atom stereocenters. The van der Waals surface area contributed by atoms with Crippen molar-refractivity contribution >= 4 is 11.6 Å². The van der Waals surface area contributed by atoms with Crippen LogP contribution in [-0.2, 0) is 0 Å². The minimum atomic E-state index is -0.450. The fourth-order valence-electron chi connectivity index (χ4n) is 0.959. The molecule has 0 aromatic rings. The summed E-state index contributed by atoms with van der Waals surface area (Å²) in [5, 5.41) is 10.6. The normalized spacial score (nSPS) is 24.0. The maximum absolute atomic E-state index is 10.3. The average Bonchev–Trinajstić information content (AvgIpc) is 1.94. The number of hydrogen-bond donors (Lipinski definition) is 0. The molecule has 0 unspecified atom stereocenters. The van der Waals surface area contributed by atoms with Gasteiger partial charge in [-0.2, -0.15) is 0 Å². The Morgan fingerprint density at radius 3 is 2.91 bits per heavy atom. The first-order valence-electron chi connectivity index (χ1n) is 3.33. The molecule has 0 aromatic carbocycles. The van der Waals surface area contributed by atoms with Crippen LogP contribution in [0.25, 0.3) is 0 Å². The lowest BCUT2D eigenvalue weighted by Crippen LogP contribution is -2.05. The summed E-state index contributed by atoms with van der Waals surface area (Å²) in [6.45, 7) is 1.92. The predicted molar refractivity (Wildman–Crippen MR) is 42.8 cm³/mol. The summed E-state index contributed by atoms with van der Waals surface area (Å²) in [5.41, 5.74) is 0.0328. The number of nitro groups is 1. The Kier molecular flexibility index (Phi) is 2.29. The van der Waals surface area contributed by atoms with Gasteiger partial charge in [0, 0.05) is 0 Å². The predicted octanol–water partition coefficient (Wildman–Crippen LogP) is 2.31. The van der Waals surface area contributed by atoms with Crippen molar-refractivity contribution in [3.05, 3.63) is 33.0 Å². The minimum absolute atomic E-state index is 0.0328. The van der Waals surface area contributed by atoms with Crippen molar-refractivity contribution in [2.45, 2.75) is 13.3 Å². The number of halogens is 1. The number of allylic oxidation sites excluding steroid dienone is 3. The molecule has 0 amide bonds. The second kappa shape index (κ2) is 3.05. The van der Waals surface area contributed by atoms with E-state index >= 15 is 0 Å². The zero-order valence-electron chi connectivity index (χ0n) is 6.08. The number of nitrogens with zero attached hydrogens (tertiary/aromatic N) is 1. The molecule has 11 heavy (non-hydrogen) atoms. The first-order chi connectivity index (χ1) is 5.11. The van der Waals surface area contributed by atoms with Gasteiger partial charge in [-0.15, -0.1) is 0 Å². The molecule has 0 bridgehead atoms. The van der Waals surface area contributed by atoms with Gasteiger partial charge >= 0.3 is 0 Å². The summed E-state index contributed by atoms with van der Waals surface area (Å²) >= 11 is 5.59. The third kappa shape index (κ3) is 1.80. The largest absolute Gasteiger partial charge is 0.283 e. The smallest absolute Gasteiger partial charge is 0.258 e. The van der Waals surface area contributed by atoms with Crippen LogP contribution in [0.1, 0.15) is 13.3 Å². The van der Waals surface area contributed by atoms with Crippen LogP contribution >= 0.6 is 11.6 Å². The molecule has 60 valence electrons. The van der Waals surface area contributed by atoms with Gasteiger partial charge in [-0.1, -0.05) is 24.6 Å². The second-order valence-corrected chi connectivity index (χ2v) is 2.98. The number of hydrogen-bond acceptors (Lipinski definition) is 2. The van der Waals surface area contributed by atoms with E-state index in [1.54, 1.807) is 12.2 Å². The van der Waals surface area contributed by atoms with E-state index in [4.69, 9.17) is 11.6 Å². The highest BCUT2D eigenvalue weighted by molar-refractivity contribution is 6.31. The van der Waals surface area contributed by atoms with Gasteiger partial charge in [0.1, 0.15) is 5.03 Å². The van der Waals surface area contributed by atoms with E-state index in [0.717, 1.165) is 6.42 Å². The van der Waals surface area contributed by atoms with Gasteiger partial charge in [-0.3, -0.25) is 10.1 Å². The fourth-order valence-corrected chi connectivity index (χ4v) is 1.18. The van der Waals surface area contributed by atoms with Gasteiger partial charge in [-0.25, -0.2) is 0 Å². The Bertz CT molecular complexity index is 245. The molecule has 1 aliphatic carbocycles. The van der Waals surface area contributed by atoms with Crippen molar-refractivity contribution < 1.29 is 4.92 Å². The van der Waals surface area contributed by atoms with Crippen molar-refractivity contribution in [1.82, 2.24) is 0 Å². The van der Waals surface area contributed by atoms with Crippen LogP contribution in [-0.4, -0.2) is 4.92 Å². The number of rotatable bonds is 1. The van der Waals surface area contributed by atoms with Crippen LogP contribution in [0.3, 0.4) is 0 Å². The summed E-state index contributed by atoms with van der Waals surface area (Å²) in [4.78, 5) is 9.87. The van der Waals surface area contributed by atoms with Crippen LogP contribution < -0.4 is 0 Å². The summed E-state index contributed by atoms with van der Waals surface area (Å²) in [6.07, 6.45) is 4.06. The van der Waals surface area contributed by atoms with E-state index in [-0.39, 0.29) is 16.6 Å². The average molecular weight is 174 g/mol. The van der Waals surface area contributed by atoms with Crippen molar-refractivity contribution in [2.24, 2.45) is 5.92 Å². The van der Waals surface area contributed by atoms with E-state index < -0.39 is 4.92 Å². The van der Waals surface area contributed by atoms with Crippen LogP contribution in [0.5, 0.6) is 0 Å². The molecule has 0 fully saturated rings. The molecular formula is C7H8ClNO2. The highest BCUT2D eigenvalue weighted by Crippen LogP contribution is 2.25. The maximum atomic E-state index is 10.3. The SMILES string of the molecule is C[C@@H]1C=C([N+](=O)[O-])C(Cl)=CC1. The zero-order valence-corrected chi connectivity index (χ0v) is 6.84. The molecule has 4 heteroatoms. The van der Waals surface area contributed by atoms with Gasteiger partial charge in [0.15, 0.2) is 0 Å². The van der Waals surface area contributed by atoms with Crippen LogP contribution in [0.15, 0.2) is 22.9 Å². The topological polar surface area (TPSA) is 43.1 Å². The molecule has 0 aliphatic heterocycles. The minimum Gasteiger partial charge on any atom is -0.258 e. The van der Waals surface area contributed by atoms with Crippen molar-refractivity contribution in [3.63, 3.8) is 0 Å². The molecule has 0 N–H and O–H groups in total. The summed E-state index contributed by atoms with van der Waals surface area (Å²) in [5.74, 6) is 0.220. The Hall–Kier alpha value is -0.830. The Labute approximate surface area is 69.5 Å². The van der Waals surface area contributed by atoms with E-state index in [1.807, 2.05) is 6.92 Å². The van der Waals surface area contributed by atoms with E-state index in [2.05, 4.69) is 0 Å². The summed E-state index contributed by atoms with van der Waals surface area (Å²) in [6, 6.07) is 0. The van der Waals surface area contributed by atoms with E-state index in [0.29, 0.717) is 0 Å². The monoisotopic (exact) mass is 173 g/mol. The molecule has 0 saturated heterocycles. The Balaban J connectivity index is 2.90. The third-order valence-corrected chi connectivity index (χ3v) is 1.90. The van der Waals surface area contributed by atoms with Crippen LogP contribution in [0, 0.1) is 16.0 Å². The van der Waals surface area contributed by atoms with Gasteiger partial charge in [-0.05, 0) is 18.4 Å². The lowest BCUT2D eigenvalue weighted by atomic mass is 10.0. The van der Waals surface area contributed by atoms with Crippen LogP contribution in [0.4, 0.5) is 0 Å². The highest BCUT2D eigenvalue weighted by Gasteiger charge is 2.20. The molecule has 3 nitrogen and oxygen atoms in total. The Morgan fingerprint density at radius 1 is 1.82 bits per heavy atom. The molecule has 0 radical (unpaired) electrons. The summed E-state index contributed by atoms with van der Waals surface area (Å²) in [7, 11) is 0. The van der Waals surface area contributed by atoms with E-state index in [1.165, 1.54) is 0 Å². The molecular weight excluding hydrogens is 166 g/mol. The van der Waals surface area contributed by atoms with Gasteiger partial charge in [0.25, 0.3) is 5.70 Å². The zero-order chi connectivity index (χ0) is 8.43.